The van der Waals surface area contributed by atoms with Gasteiger partial charge < -0.3 is 0 Å². The maximum atomic E-state index is 5.16. The molecular weight excluding hydrogens is 229 g/mol. The summed E-state index contributed by atoms with van der Waals surface area (Å²) in [5.74, 6) is 3.04. The van der Waals surface area contributed by atoms with Crippen molar-refractivity contribution in [3.63, 3.8) is 0 Å². The third kappa shape index (κ3) is 1.17. The van der Waals surface area contributed by atoms with E-state index in [0.717, 1.165) is 23.2 Å². The quantitative estimate of drug-likeness (QED) is 0.561. The van der Waals surface area contributed by atoms with Crippen LogP contribution in [-0.2, 0) is 0 Å². The molecule has 0 amide bonds. The summed E-state index contributed by atoms with van der Waals surface area (Å²) in [4.78, 5) is 5.16. The van der Waals surface area contributed by atoms with Crippen LogP contribution in [0.4, 0.5) is 0 Å². The van der Waals surface area contributed by atoms with Crippen LogP contribution in [-0.4, -0.2) is 19.6 Å². The number of benzene rings is 1. The second-order valence-electron chi connectivity index (χ2n) is 7.66. The molecule has 3 bridgehead atoms. The van der Waals surface area contributed by atoms with Gasteiger partial charge in [-0.05, 0) is 60.8 Å². The summed E-state index contributed by atoms with van der Waals surface area (Å²) in [5, 5.41) is 0. The van der Waals surface area contributed by atoms with Crippen LogP contribution >= 0.6 is 0 Å². The second kappa shape index (κ2) is 3.16. The van der Waals surface area contributed by atoms with Crippen LogP contribution in [0.3, 0.4) is 0 Å². The summed E-state index contributed by atoms with van der Waals surface area (Å²) >= 11 is 0. The van der Waals surface area contributed by atoms with E-state index in [0.29, 0.717) is 5.54 Å². The van der Waals surface area contributed by atoms with Crippen molar-refractivity contribution in [3.05, 3.63) is 29.8 Å². The van der Waals surface area contributed by atoms with Crippen molar-refractivity contribution in [2.75, 3.05) is 0 Å². The summed E-state index contributed by atoms with van der Waals surface area (Å²) in [6, 6.07) is 8.73. The highest BCUT2D eigenvalue weighted by atomic mass is 15.0. The number of aliphatic imine (C=N–C) groups is 1. The van der Waals surface area contributed by atoms with Crippen LogP contribution in [0.2, 0.25) is 0 Å². The van der Waals surface area contributed by atoms with E-state index in [1.807, 2.05) is 0 Å². The van der Waals surface area contributed by atoms with Crippen LogP contribution < -0.4 is 5.46 Å². The van der Waals surface area contributed by atoms with E-state index in [2.05, 4.69) is 38.3 Å². The van der Waals surface area contributed by atoms with Gasteiger partial charge in [0, 0.05) is 6.21 Å². The monoisotopic (exact) mass is 249 g/mol. The molecule has 4 aliphatic rings. The molecular formula is C17H20BN. The van der Waals surface area contributed by atoms with Gasteiger partial charge in [-0.15, -0.1) is 0 Å². The molecule has 0 saturated heterocycles. The number of hydrogen-bond donors (Lipinski definition) is 0. The van der Waals surface area contributed by atoms with Gasteiger partial charge in [0.05, 0.1) is 5.54 Å². The lowest BCUT2D eigenvalue weighted by molar-refractivity contribution is 0.00426. The van der Waals surface area contributed by atoms with E-state index in [-0.39, 0.29) is 0 Å². The van der Waals surface area contributed by atoms with Crippen molar-refractivity contribution in [3.8, 4) is 0 Å². The van der Waals surface area contributed by atoms with Crippen LogP contribution in [0.25, 0.3) is 0 Å². The predicted octanol–water partition coefficient (Wildman–Crippen LogP) is 1.94. The van der Waals surface area contributed by atoms with Crippen LogP contribution in [0.15, 0.2) is 29.3 Å². The Hall–Kier alpha value is -1.05. The largest absolute Gasteiger partial charge is 0.286 e. The van der Waals surface area contributed by atoms with Crippen molar-refractivity contribution in [2.24, 2.45) is 28.2 Å². The fourth-order valence-corrected chi connectivity index (χ4v) is 6.13. The van der Waals surface area contributed by atoms with Crippen molar-refractivity contribution >= 4 is 19.5 Å². The molecule has 0 heterocycles. The maximum Gasteiger partial charge on any atom is 0.139 e. The lowest BCUT2D eigenvalue weighted by Gasteiger charge is -2.48. The van der Waals surface area contributed by atoms with E-state index in [9.17, 15) is 0 Å². The summed E-state index contributed by atoms with van der Waals surface area (Å²) in [7, 11) is 2.16. The zero-order valence-electron chi connectivity index (χ0n) is 11.6. The third-order valence-electron chi connectivity index (χ3n) is 6.90. The van der Waals surface area contributed by atoms with Crippen molar-refractivity contribution in [2.45, 2.75) is 37.6 Å². The van der Waals surface area contributed by atoms with Gasteiger partial charge in [-0.2, -0.15) is 0 Å². The van der Waals surface area contributed by atoms with Crippen LogP contribution in [0.1, 0.15) is 37.7 Å². The lowest BCUT2D eigenvalue weighted by Crippen LogP contribution is -2.41. The molecule has 1 aromatic rings. The van der Waals surface area contributed by atoms with E-state index >= 15 is 0 Å². The third-order valence-corrected chi connectivity index (χ3v) is 6.90. The average Bonchev–Trinajstić information content (AvgIpc) is 2.89. The normalized spacial score (nSPS) is 48.9. The van der Waals surface area contributed by atoms with Gasteiger partial charge in [-0.25, -0.2) is 0 Å². The second-order valence-corrected chi connectivity index (χ2v) is 7.66. The Labute approximate surface area is 115 Å². The maximum absolute atomic E-state index is 5.16. The molecule has 0 aliphatic heterocycles. The summed E-state index contributed by atoms with van der Waals surface area (Å²) in [5.41, 5.74) is 3.74. The van der Waals surface area contributed by atoms with Gasteiger partial charge in [0.15, 0.2) is 0 Å². The summed E-state index contributed by atoms with van der Waals surface area (Å²) in [6.07, 6.45) is 9.51. The first-order chi connectivity index (χ1) is 9.20. The molecule has 0 radical (unpaired) electrons. The minimum atomic E-state index is 0.349. The van der Waals surface area contributed by atoms with Gasteiger partial charge in [0.25, 0.3) is 0 Å². The van der Waals surface area contributed by atoms with E-state index < -0.39 is 0 Å². The van der Waals surface area contributed by atoms with Crippen molar-refractivity contribution < 1.29 is 0 Å². The molecule has 5 rings (SSSR count). The van der Waals surface area contributed by atoms with E-state index in [1.165, 1.54) is 43.1 Å². The molecule has 0 aromatic heterocycles. The van der Waals surface area contributed by atoms with Crippen LogP contribution in [0, 0.1) is 23.2 Å². The van der Waals surface area contributed by atoms with Gasteiger partial charge in [-0.1, -0.05) is 29.7 Å². The molecule has 96 valence electrons. The fraction of sp³-hybridized carbons (Fsp3) is 0.588. The predicted molar refractivity (Wildman–Crippen MR) is 80.9 cm³/mol. The molecule has 1 spiro atoms. The molecule has 1 nitrogen and oxygen atoms in total. The Bertz CT molecular complexity index is 595. The zero-order chi connectivity index (χ0) is 12.7. The van der Waals surface area contributed by atoms with Crippen molar-refractivity contribution in [1.29, 1.82) is 0 Å². The molecule has 0 N–H and O–H groups in total. The van der Waals surface area contributed by atoms with Crippen molar-refractivity contribution in [1.82, 2.24) is 0 Å². The average molecular weight is 249 g/mol. The number of fused-ring (bicyclic) bond motifs is 3. The summed E-state index contributed by atoms with van der Waals surface area (Å²) < 4.78 is 0. The molecule has 4 saturated carbocycles. The number of hydrogen-bond acceptors (Lipinski definition) is 1. The standard InChI is InChI=1S/C17H20BN/c18-15-3-1-2-11(4-15)9-19-17-8-13-5-12-6-14(17)7-16(12,13)10-17/h1-4,9,12-14H,5-8,10,18H2/b19-9+. The topological polar surface area (TPSA) is 12.4 Å². The molecule has 4 aliphatic carbocycles. The van der Waals surface area contributed by atoms with Crippen LogP contribution in [0.5, 0.6) is 0 Å². The highest BCUT2D eigenvalue weighted by Gasteiger charge is 2.76. The van der Waals surface area contributed by atoms with Gasteiger partial charge in [0.1, 0.15) is 7.85 Å². The Kier molecular flexibility index (Phi) is 1.78. The van der Waals surface area contributed by atoms with Gasteiger partial charge in [-0.3, -0.25) is 4.99 Å². The van der Waals surface area contributed by atoms with E-state index in [4.69, 9.17) is 4.99 Å². The minimum Gasteiger partial charge on any atom is -0.286 e. The first-order valence-electron chi connectivity index (χ1n) is 7.82. The molecule has 19 heavy (non-hydrogen) atoms. The smallest absolute Gasteiger partial charge is 0.139 e. The lowest BCUT2D eigenvalue weighted by atomic mass is 9.56. The number of rotatable bonds is 2. The Morgan fingerprint density at radius 1 is 1.16 bits per heavy atom. The summed E-state index contributed by atoms with van der Waals surface area (Å²) in [6.45, 7) is 0. The SMILES string of the molecule is Bc1cccc(/C=N/C23CC4CC5CC2CC54C3)c1. The first kappa shape index (κ1) is 10.7. The van der Waals surface area contributed by atoms with E-state index in [1.54, 1.807) is 0 Å². The molecule has 5 unspecified atom stereocenters. The highest BCUT2D eigenvalue weighted by Crippen LogP contribution is 2.81. The zero-order valence-corrected chi connectivity index (χ0v) is 11.6. The minimum absolute atomic E-state index is 0.349. The van der Waals surface area contributed by atoms with Gasteiger partial charge >= 0.3 is 0 Å². The highest BCUT2D eigenvalue weighted by molar-refractivity contribution is 6.32. The number of nitrogens with zero attached hydrogens (tertiary/aromatic N) is 1. The first-order valence-corrected chi connectivity index (χ1v) is 7.82. The molecule has 5 atom stereocenters. The van der Waals surface area contributed by atoms with Gasteiger partial charge in [0.2, 0.25) is 0 Å². The Morgan fingerprint density at radius 3 is 2.89 bits per heavy atom. The Balaban J connectivity index is 1.49. The Morgan fingerprint density at radius 2 is 2.05 bits per heavy atom. The fourth-order valence-electron chi connectivity index (χ4n) is 6.13. The molecule has 4 fully saturated rings. The molecule has 1 aromatic carbocycles. The molecule has 2 heteroatoms.